The van der Waals surface area contributed by atoms with Crippen molar-refractivity contribution in [2.75, 3.05) is 37.0 Å². The van der Waals surface area contributed by atoms with Gasteiger partial charge in [0.1, 0.15) is 11.5 Å². The molecule has 5 aromatic rings. The van der Waals surface area contributed by atoms with E-state index >= 15 is 0 Å². The first-order valence-electron chi connectivity index (χ1n) is 14.5. The van der Waals surface area contributed by atoms with E-state index in [0.717, 1.165) is 90.8 Å². The van der Waals surface area contributed by atoms with Gasteiger partial charge in [0.05, 0.1) is 11.4 Å². The topological polar surface area (TPSA) is 40.4 Å². The average Bonchev–Trinajstić information content (AvgIpc) is 2.99. The van der Waals surface area contributed by atoms with Gasteiger partial charge in [0.2, 0.25) is 0 Å². The highest BCUT2D eigenvalue weighted by atomic mass is 16.5. The number of hydrogen-bond donors (Lipinski definition) is 0. The number of ether oxygens (including phenoxy) is 1. The van der Waals surface area contributed by atoms with Gasteiger partial charge in [-0.1, -0.05) is 49.0 Å². The summed E-state index contributed by atoms with van der Waals surface area (Å²) in [5, 5.41) is 13.6. The third-order valence-electron chi connectivity index (χ3n) is 8.01. The number of benzene rings is 5. The third-order valence-corrected chi connectivity index (χ3v) is 8.01. The maximum absolute atomic E-state index is 6.48. The summed E-state index contributed by atoms with van der Waals surface area (Å²) in [6.07, 6.45) is 0. The molecule has 42 heavy (non-hydrogen) atoms. The molecule has 0 amide bonds. The second-order valence-corrected chi connectivity index (χ2v) is 10.9. The van der Waals surface area contributed by atoms with Crippen LogP contribution in [0.4, 0.5) is 22.7 Å². The summed E-state index contributed by atoms with van der Waals surface area (Å²) in [5.41, 5.74) is 8.50. The number of nitrogens with zero attached hydrogens (tertiary/aromatic N) is 4. The molecule has 5 nitrogen and oxygen atoms in total. The van der Waals surface area contributed by atoms with E-state index in [0.29, 0.717) is 0 Å². The minimum Gasteiger partial charge on any atom is -0.456 e. The van der Waals surface area contributed by atoms with Crippen LogP contribution in [0.5, 0.6) is 11.5 Å². The predicted octanol–water partition coefficient (Wildman–Crippen LogP) is 8.24. The highest BCUT2D eigenvalue weighted by Gasteiger charge is 2.22. The average molecular weight is 553 g/mol. The molecule has 1 aliphatic rings. The lowest BCUT2D eigenvalue weighted by atomic mass is 9.89. The lowest BCUT2D eigenvalue weighted by molar-refractivity contribution is 0.472. The zero-order valence-electron chi connectivity index (χ0n) is 25.0. The maximum Gasteiger partial charge on any atom is 0.137 e. The van der Waals surface area contributed by atoms with Crippen molar-refractivity contribution in [3.63, 3.8) is 0 Å². The summed E-state index contributed by atoms with van der Waals surface area (Å²) >= 11 is 0. The second-order valence-electron chi connectivity index (χ2n) is 10.9. The zero-order chi connectivity index (χ0) is 29.4. The fourth-order valence-electron chi connectivity index (χ4n) is 5.85. The van der Waals surface area contributed by atoms with Gasteiger partial charge in [-0.25, -0.2) is 0 Å². The fourth-order valence-corrected chi connectivity index (χ4v) is 5.85. The normalized spacial score (nSPS) is 12.3. The standard InChI is InChI=1S/C37H36N4O/c1-7-41(8-2)27-15-18-32-36(23-27)42-35-21-24(3)13-16-31(35)37(32)28-17-14-26(22-25(28)4)38-39-33-19-20-34(40(5)6)30-12-10-9-11-29(30)33/h9-23H,3,7-8H2,1-2,4-6H3/b39-38+. The lowest BCUT2D eigenvalue weighted by Crippen LogP contribution is -2.23. The molecular weight excluding hydrogens is 516 g/mol. The van der Waals surface area contributed by atoms with Crippen LogP contribution in [0.15, 0.2) is 101 Å². The Bertz CT molecular complexity index is 1950. The molecule has 6 rings (SSSR count). The monoisotopic (exact) mass is 552 g/mol. The first kappa shape index (κ1) is 27.3. The quantitative estimate of drug-likeness (QED) is 0.187. The molecule has 0 spiro atoms. The number of rotatable bonds is 7. The molecule has 0 bridgehead atoms. The van der Waals surface area contributed by atoms with Crippen molar-refractivity contribution in [2.24, 2.45) is 10.2 Å². The molecule has 0 aliphatic carbocycles. The van der Waals surface area contributed by atoms with Gasteiger partial charge < -0.3 is 14.5 Å². The van der Waals surface area contributed by atoms with E-state index in [1.807, 2.05) is 30.3 Å². The van der Waals surface area contributed by atoms with Crippen molar-refractivity contribution in [2.45, 2.75) is 20.8 Å². The van der Waals surface area contributed by atoms with Crippen molar-refractivity contribution < 1.29 is 4.74 Å². The Kier molecular flexibility index (Phi) is 7.26. The Balaban J connectivity index is 1.42. The fraction of sp³-hybridized carbons (Fsp3) is 0.189. The number of aryl methyl sites for hydroxylation is 1. The summed E-state index contributed by atoms with van der Waals surface area (Å²) in [6, 6.07) is 31.5. The van der Waals surface area contributed by atoms with E-state index < -0.39 is 0 Å². The van der Waals surface area contributed by atoms with E-state index in [1.165, 1.54) is 0 Å². The Hall–Kier alpha value is -4.90. The minimum atomic E-state index is 0.815. The van der Waals surface area contributed by atoms with Crippen molar-refractivity contribution >= 4 is 45.7 Å². The van der Waals surface area contributed by atoms with Crippen molar-refractivity contribution in [1.29, 1.82) is 0 Å². The Morgan fingerprint density at radius 2 is 1.50 bits per heavy atom. The number of hydrogen-bond acceptors (Lipinski definition) is 5. The van der Waals surface area contributed by atoms with Crippen molar-refractivity contribution in [1.82, 2.24) is 0 Å². The van der Waals surface area contributed by atoms with E-state index in [4.69, 9.17) is 4.74 Å². The molecule has 1 aliphatic heterocycles. The number of azo groups is 1. The van der Waals surface area contributed by atoms with Crippen LogP contribution in [-0.4, -0.2) is 27.2 Å². The van der Waals surface area contributed by atoms with Crippen LogP contribution >= 0.6 is 0 Å². The van der Waals surface area contributed by atoms with Gasteiger partial charge in [-0.2, -0.15) is 5.11 Å². The molecule has 210 valence electrons. The number of fused-ring (bicyclic) bond motifs is 3. The molecule has 0 atom stereocenters. The van der Waals surface area contributed by atoms with Crippen molar-refractivity contribution in [3.05, 3.63) is 118 Å². The summed E-state index contributed by atoms with van der Waals surface area (Å²) in [7, 11) is 4.12. The molecule has 0 unspecified atom stereocenters. The third kappa shape index (κ3) is 4.92. The first-order chi connectivity index (χ1) is 20.4. The molecule has 0 aromatic heterocycles. The van der Waals surface area contributed by atoms with Crippen LogP contribution in [0.2, 0.25) is 0 Å². The predicted molar refractivity (Wildman–Crippen MR) is 177 cm³/mol. The highest BCUT2D eigenvalue weighted by Crippen LogP contribution is 2.40. The minimum absolute atomic E-state index is 0.815. The van der Waals surface area contributed by atoms with E-state index in [-0.39, 0.29) is 0 Å². The summed E-state index contributed by atoms with van der Waals surface area (Å²) in [5.74, 6) is 1.70. The molecular formula is C37H36N4O. The van der Waals surface area contributed by atoms with Gasteiger partial charge in [-0.05, 0) is 79.6 Å². The Morgan fingerprint density at radius 1 is 0.738 bits per heavy atom. The smallest absolute Gasteiger partial charge is 0.137 e. The van der Waals surface area contributed by atoms with E-state index in [9.17, 15) is 0 Å². The molecule has 0 radical (unpaired) electrons. The summed E-state index contributed by atoms with van der Waals surface area (Å²) < 4.78 is 6.48. The maximum atomic E-state index is 6.48. The van der Waals surface area contributed by atoms with Gasteiger partial charge in [-0.15, -0.1) is 5.11 Å². The second kappa shape index (κ2) is 11.2. The molecule has 0 saturated carbocycles. The zero-order valence-corrected chi connectivity index (χ0v) is 25.0. The molecule has 5 aromatic carbocycles. The number of anilines is 2. The van der Waals surface area contributed by atoms with Crippen LogP contribution in [-0.2, 0) is 0 Å². The van der Waals surface area contributed by atoms with Gasteiger partial charge in [0, 0.05) is 71.8 Å². The Labute approximate surface area is 247 Å². The van der Waals surface area contributed by atoms with Crippen LogP contribution in [0, 0.1) is 6.92 Å². The Morgan fingerprint density at radius 3 is 2.24 bits per heavy atom. The highest BCUT2D eigenvalue weighted by molar-refractivity contribution is 6.01. The van der Waals surface area contributed by atoms with E-state index in [1.54, 1.807) is 0 Å². The molecule has 0 fully saturated rings. The van der Waals surface area contributed by atoms with Crippen LogP contribution in [0.25, 0.3) is 22.9 Å². The first-order valence-corrected chi connectivity index (χ1v) is 14.5. The van der Waals surface area contributed by atoms with Crippen LogP contribution in [0.3, 0.4) is 0 Å². The molecule has 0 saturated heterocycles. The van der Waals surface area contributed by atoms with Gasteiger partial charge in [0.25, 0.3) is 0 Å². The molecule has 5 heteroatoms. The lowest BCUT2D eigenvalue weighted by Gasteiger charge is -2.26. The largest absolute Gasteiger partial charge is 0.456 e. The summed E-state index contributed by atoms with van der Waals surface area (Å²) in [6.45, 7) is 12.5. The SMILES string of the molecule is C=c1ccc2c(c1)Oc1cc(N(CC)CC)ccc1C=2c1ccc(/N=N/c2ccc(N(C)C)c3ccccc23)cc1C. The van der Waals surface area contributed by atoms with E-state index in [2.05, 4.69) is 122 Å². The van der Waals surface area contributed by atoms with Gasteiger partial charge in [0.15, 0.2) is 0 Å². The molecule has 0 N–H and O–H groups in total. The van der Waals surface area contributed by atoms with Crippen LogP contribution in [0.1, 0.15) is 30.5 Å². The van der Waals surface area contributed by atoms with Gasteiger partial charge >= 0.3 is 0 Å². The van der Waals surface area contributed by atoms with Crippen LogP contribution < -0.4 is 25.0 Å². The molecule has 1 heterocycles. The van der Waals surface area contributed by atoms with Gasteiger partial charge in [-0.3, -0.25) is 0 Å². The summed E-state index contributed by atoms with van der Waals surface area (Å²) in [4.78, 5) is 4.46. The van der Waals surface area contributed by atoms with Crippen molar-refractivity contribution in [3.8, 4) is 11.5 Å².